The van der Waals surface area contributed by atoms with Gasteiger partial charge in [-0.15, -0.1) is 21.9 Å². The lowest BCUT2D eigenvalue weighted by Gasteiger charge is -2.29. The molecule has 0 amide bonds. The lowest BCUT2D eigenvalue weighted by molar-refractivity contribution is 1.65. The Balaban J connectivity index is 1.80. The quantitative estimate of drug-likeness (QED) is 0.229. The molecule has 184 valence electrons. The van der Waals surface area contributed by atoms with E-state index in [2.05, 4.69) is 30.3 Å². The van der Waals surface area contributed by atoms with Crippen molar-refractivity contribution in [2.75, 3.05) is 0 Å². The van der Waals surface area contributed by atoms with Gasteiger partial charge in [0.2, 0.25) is 0 Å². The van der Waals surface area contributed by atoms with Crippen molar-refractivity contribution in [2.45, 2.75) is 0 Å². The van der Waals surface area contributed by atoms with E-state index in [4.69, 9.17) is 62.8 Å². The lowest BCUT2D eigenvalue weighted by atomic mass is 9.59. The minimum Gasteiger partial charge on any atom is -0.110 e. The van der Waals surface area contributed by atoms with Gasteiger partial charge < -0.3 is 0 Å². The fraction of sp³-hybridized carbons (Fsp3) is 0. The zero-order chi connectivity index (χ0) is 30.9. The van der Waals surface area contributed by atoms with Crippen LogP contribution in [0.3, 0.4) is 0 Å². The molecule has 0 aromatic heterocycles. The third kappa shape index (κ3) is 4.11. The second-order valence-electron chi connectivity index (χ2n) is 11.0. The van der Waals surface area contributed by atoms with Crippen molar-refractivity contribution in [1.82, 2.24) is 0 Å². The standard InChI is InChI=1S/C36H16B8/c37-29-25-23(18-11-5-2-6-12-18)26-28(32(40)36(44)34(42)30(26)38)24(27(25)31(39)35(43)33(29)41)22-16-8-14-20-19(13-7-15-21(20)22)17-9-3-1-4-10-17/h1-16H. The molecule has 0 aliphatic carbocycles. The maximum Gasteiger partial charge on any atom is 0.113 e. The Morgan fingerprint density at radius 2 is 0.636 bits per heavy atom. The molecule has 0 nitrogen and oxygen atoms in total. The molecule has 7 rings (SSSR count). The smallest absolute Gasteiger partial charge is 0.110 e. The normalized spacial score (nSPS) is 11.5. The van der Waals surface area contributed by atoms with Gasteiger partial charge in [-0.3, -0.25) is 0 Å². The largest absolute Gasteiger partial charge is 0.113 e. The zero-order valence-electron chi connectivity index (χ0n) is 23.9. The van der Waals surface area contributed by atoms with E-state index in [1.165, 1.54) is 0 Å². The van der Waals surface area contributed by atoms with Gasteiger partial charge in [0.15, 0.2) is 0 Å². The summed E-state index contributed by atoms with van der Waals surface area (Å²) in [5.41, 5.74) is 7.11. The van der Waals surface area contributed by atoms with Crippen molar-refractivity contribution in [3.8, 4) is 33.4 Å². The van der Waals surface area contributed by atoms with Crippen LogP contribution in [0.25, 0.3) is 65.7 Å². The monoisotopic (exact) mass is 536 g/mol. The summed E-state index contributed by atoms with van der Waals surface area (Å²) in [5, 5.41) is 4.42. The highest BCUT2D eigenvalue weighted by Gasteiger charge is 2.25. The average Bonchev–Trinajstić information content (AvgIpc) is 3.06. The highest BCUT2D eigenvalue weighted by atomic mass is 14.3. The molecule has 0 saturated heterocycles. The molecule has 0 N–H and O–H groups in total. The van der Waals surface area contributed by atoms with Crippen LogP contribution < -0.4 is 43.7 Å². The number of fused-ring (bicyclic) bond motifs is 3. The number of rotatable bonds is 3. The number of hydrogen-bond donors (Lipinski definition) is 0. The third-order valence-electron chi connectivity index (χ3n) is 8.66. The van der Waals surface area contributed by atoms with Crippen molar-refractivity contribution >= 4 is 139 Å². The number of hydrogen-bond acceptors (Lipinski definition) is 0. The molecular weight excluding hydrogens is 519 g/mol. The summed E-state index contributed by atoms with van der Waals surface area (Å²) >= 11 is 0. The van der Waals surface area contributed by atoms with Gasteiger partial charge in [0, 0.05) is 0 Å². The Morgan fingerprint density at radius 1 is 0.273 bits per heavy atom. The highest BCUT2D eigenvalue weighted by Crippen LogP contribution is 2.43. The second kappa shape index (κ2) is 10.8. The van der Waals surface area contributed by atoms with Gasteiger partial charge in [-0.2, -0.15) is 0 Å². The van der Waals surface area contributed by atoms with Crippen LogP contribution in [-0.4, -0.2) is 62.8 Å². The molecule has 0 heterocycles. The topological polar surface area (TPSA) is 0 Å². The van der Waals surface area contributed by atoms with Gasteiger partial charge in [0.25, 0.3) is 0 Å². The van der Waals surface area contributed by atoms with Crippen molar-refractivity contribution in [1.29, 1.82) is 0 Å². The van der Waals surface area contributed by atoms with E-state index < -0.39 is 0 Å². The van der Waals surface area contributed by atoms with E-state index in [9.17, 15) is 0 Å². The van der Waals surface area contributed by atoms with Crippen LogP contribution in [0.2, 0.25) is 0 Å². The predicted molar refractivity (Wildman–Crippen MR) is 198 cm³/mol. The molecule has 0 aliphatic rings. The Hall–Kier alpha value is -4.16. The molecule has 0 spiro atoms. The summed E-state index contributed by atoms with van der Waals surface area (Å²) in [6.45, 7) is 0. The Bertz CT molecular complexity index is 2210. The van der Waals surface area contributed by atoms with Crippen molar-refractivity contribution < 1.29 is 0 Å². The first kappa shape index (κ1) is 28.6. The molecule has 7 aromatic carbocycles. The Kier molecular flexibility index (Phi) is 7.00. The molecule has 8 heteroatoms. The van der Waals surface area contributed by atoms with Crippen LogP contribution in [0.5, 0.6) is 0 Å². The summed E-state index contributed by atoms with van der Waals surface area (Å²) in [6.07, 6.45) is 0. The first-order chi connectivity index (χ1) is 21.2. The van der Waals surface area contributed by atoms with Gasteiger partial charge in [-0.1, -0.05) is 119 Å². The van der Waals surface area contributed by atoms with Gasteiger partial charge in [0.05, 0.1) is 0 Å². The van der Waals surface area contributed by atoms with Gasteiger partial charge >= 0.3 is 0 Å². The van der Waals surface area contributed by atoms with E-state index >= 15 is 0 Å². The van der Waals surface area contributed by atoms with Gasteiger partial charge in [0.1, 0.15) is 62.8 Å². The van der Waals surface area contributed by atoms with Crippen molar-refractivity contribution in [2.24, 2.45) is 0 Å². The van der Waals surface area contributed by atoms with E-state index in [0.717, 1.165) is 33.0 Å². The maximum absolute atomic E-state index is 6.90. The SMILES string of the molecule is [B]c1c([B])c([B])c2c(-c3cccc4c(-c5ccccc5)cccc34)c3c([B])c([B])c([B])c([B])c3c(-c3ccccc3)c2c1[B]. The molecule has 0 unspecified atom stereocenters. The summed E-state index contributed by atoms with van der Waals surface area (Å²) in [7, 11) is 53.5. The number of benzene rings is 7. The molecule has 16 radical (unpaired) electrons. The maximum atomic E-state index is 6.90. The molecular formula is C36H16B8. The van der Waals surface area contributed by atoms with Crippen LogP contribution in [-0.2, 0) is 0 Å². The molecule has 0 atom stereocenters. The molecule has 0 fully saturated rings. The third-order valence-corrected chi connectivity index (χ3v) is 8.66. The summed E-state index contributed by atoms with van der Waals surface area (Å²) < 4.78 is 0. The fourth-order valence-electron chi connectivity index (χ4n) is 6.51. The molecule has 0 aliphatic heterocycles. The molecule has 0 bridgehead atoms. The van der Waals surface area contributed by atoms with Crippen molar-refractivity contribution in [3.63, 3.8) is 0 Å². The first-order valence-corrected chi connectivity index (χ1v) is 14.1. The Labute approximate surface area is 268 Å². The van der Waals surface area contributed by atoms with Crippen LogP contribution >= 0.6 is 0 Å². The van der Waals surface area contributed by atoms with Gasteiger partial charge in [-0.05, 0) is 65.7 Å². The summed E-state index contributed by atoms with van der Waals surface area (Å²) in [6, 6.07) is 32.3. The highest BCUT2D eigenvalue weighted by molar-refractivity contribution is 6.71. The minimum atomic E-state index is 0.190. The summed E-state index contributed by atoms with van der Waals surface area (Å²) in [4.78, 5) is 0. The molecule has 0 saturated carbocycles. The van der Waals surface area contributed by atoms with Crippen LogP contribution in [0, 0.1) is 0 Å². The minimum absolute atomic E-state index is 0.190. The van der Waals surface area contributed by atoms with Crippen LogP contribution in [0.4, 0.5) is 0 Å². The van der Waals surface area contributed by atoms with E-state index in [1.807, 2.05) is 66.7 Å². The first-order valence-electron chi connectivity index (χ1n) is 14.1. The zero-order valence-corrected chi connectivity index (χ0v) is 23.9. The summed E-state index contributed by atoms with van der Waals surface area (Å²) in [5.74, 6) is 0. The lowest BCUT2D eigenvalue weighted by Crippen LogP contribution is -2.50. The Morgan fingerprint density at radius 3 is 1.09 bits per heavy atom. The predicted octanol–water partition coefficient (Wildman–Crippen LogP) is 0.498. The molecule has 7 aromatic rings. The average molecular weight is 535 g/mol. The van der Waals surface area contributed by atoms with E-state index in [1.54, 1.807) is 0 Å². The van der Waals surface area contributed by atoms with Crippen LogP contribution in [0.15, 0.2) is 97.1 Å². The van der Waals surface area contributed by atoms with Gasteiger partial charge in [-0.25, -0.2) is 0 Å². The van der Waals surface area contributed by atoms with Crippen molar-refractivity contribution in [3.05, 3.63) is 97.1 Å². The molecule has 44 heavy (non-hydrogen) atoms. The van der Waals surface area contributed by atoms with E-state index in [-0.39, 0.29) is 43.7 Å². The fourth-order valence-corrected chi connectivity index (χ4v) is 6.51. The second-order valence-corrected chi connectivity index (χ2v) is 11.0. The van der Waals surface area contributed by atoms with E-state index in [0.29, 0.717) is 32.7 Å². The van der Waals surface area contributed by atoms with Crippen LogP contribution in [0.1, 0.15) is 0 Å².